The number of hydrogen-bond acceptors (Lipinski definition) is 7. The number of unbranched alkanes of at least 4 members (excludes halogenated alkanes) is 17. The van der Waals surface area contributed by atoms with Crippen LogP contribution in [0.3, 0.4) is 0 Å². The standard InChI is InChI=1S/C32H66NO7P/c1-6-8-10-12-13-14-15-16-17-18-19-20-22-24-27-37-29-31(40-32(34)25-23-21-11-9-7-2)30-39-41(35,36)38-28-26-33(3,4)5/h31H,6-30H2,1-5H3. The first-order valence-electron chi connectivity index (χ1n) is 16.8. The minimum Gasteiger partial charge on any atom is -0.756 e. The SMILES string of the molecule is CCCCCCCCCCCCCCCCOCC(COP(=O)([O-])OCC[N+](C)(C)C)OC(=O)CCCCCCC. The summed E-state index contributed by atoms with van der Waals surface area (Å²) >= 11 is 0. The van der Waals surface area contributed by atoms with E-state index in [2.05, 4.69) is 13.8 Å². The van der Waals surface area contributed by atoms with Gasteiger partial charge in [-0.3, -0.25) is 9.36 Å². The lowest BCUT2D eigenvalue weighted by Gasteiger charge is -2.28. The first-order valence-corrected chi connectivity index (χ1v) is 18.2. The summed E-state index contributed by atoms with van der Waals surface area (Å²) in [5.41, 5.74) is 0. The number of quaternary nitrogens is 1. The van der Waals surface area contributed by atoms with Crippen molar-refractivity contribution in [1.29, 1.82) is 0 Å². The van der Waals surface area contributed by atoms with E-state index in [0.717, 1.165) is 44.9 Å². The minimum absolute atomic E-state index is 0.0299. The first-order chi connectivity index (χ1) is 19.6. The maximum absolute atomic E-state index is 12.4. The molecule has 0 spiro atoms. The highest BCUT2D eigenvalue weighted by atomic mass is 31.2. The Balaban J connectivity index is 4.18. The van der Waals surface area contributed by atoms with Crippen LogP contribution < -0.4 is 4.89 Å². The minimum atomic E-state index is -4.49. The summed E-state index contributed by atoms with van der Waals surface area (Å²) in [5, 5.41) is 0. The molecule has 8 nitrogen and oxygen atoms in total. The van der Waals surface area contributed by atoms with Gasteiger partial charge in [-0.05, 0) is 12.8 Å². The number of likely N-dealkylation sites (N-methyl/N-ethyl adjacent to an activating group) is 1. The summed E-state index contributed by atoms with van der Waals surface area (Å²) < 4.78 is 34.1. The number of phosphoric acid groups is 1. The Morgan fingerprint density at radius 1 is 0.659 bits per heavy atom. The number of rotatable bonds is 31. The summed E-state index contributed by atoms with van der Waals surface area (Å²) in [7, 11) is 1.36. The van der Waals surface area contributed by atoms with Crippen molar-refractivity contribution in [3.05, 3.63) is 0 Å². The van der Waals surface area contributed by atoms with Crippen LogP contribution >= 0.6 is 7.82 Å². The highest BCUT2D eigenvalue weighted by Gasteiger charge is 2.20. The quantitative estimate of drug-likeness (QED) is 0.0341. The molecule has 0 saturated carbocycles. The third-order valence-corrected chi connectivity index (χ3v) is 8.12. The van der Waals surface area contributed by atoms with E-state index in [9.17, 15) is 14.3 Å². The van der Waals surface area contributed by atoms with E-state index < -0.39 is 13.9 Å². The lowest BCUT2D eigenvalue weighted by Crippen LogP contribution is -2.37. The van der Waals surface area contributed by atoms with E-state index in [1.807, 2.05) is 21.1 Å². The summed E-state index contributed by atoms with van der Waals surface area (Å²) in [6, 6.07) is 0. The lowest BCUT2D eigenvalue weighted by molar-refractivity contribution is -0.870. The molecule has 0 amide bonds. The van der Waals surface area contributed by atoms with Crippen LogP contribution in [0.5, 0.6) is 0 Å². The summed E-state index contributed by atoms with van der Waals surface area (Å²) in [5.74, 6) is -0.345. The zero-order valence-corrected chi connectivity index (χ0v) is 28.4. The number of carbonyl (C=O) groups is 1. The van der Waals surface area contributed by atoms with Gasteiger partial charge in [0.05, 0.1) is 34.4 Å². The number of esters is 1. The molecule has 0 aliphatic rings. The zero-order chi connectivity index (χ0) is 30.7. The molecule has 246 valence electrons. The Bertz CT molecular complexity index is 642. The molecule has 0 fully saturated rings. The average Bonchev–Trinajstić information content (AvgIpc) is 2.90. The molecular formula is C32H66NO7P. The fourth-order valence-corrected chi connectivity index (χ4v) is 5.21. The van der Waals surface area contributed by atoms with Crippen molar-refractivity contribution >= 4 is 13.8 Å². The van der Waals surface area contributed by atoms with Gasteiger partial charge in [-0.25, -0.2) is 0 Å². The van der Waals surface area contributed by atoms with Crippen molar-refractivity contribution in [3.63, 3.8) is 0 Å². The number of ether oxygens (including phenoxy) is 2. The molecule has 0 radical (unpaired) electrons. The molecule has 0 aromatic heterocycles. The van der Waals surface area contributed by atoms with E-state index in [0.29, 0.717) is 24.1 Å². The van der Waals surface area contributed by atoms with Gasteiger partial charge in [0.2, 0.25) is 0 Å². The number of nitrogens with zero attached hydrogens (tertiary/aromatic N) is 1. The molecule has 0 aliphatic heterocycles. The monoisotopic (exact) mass is 607 g/mol. The van der Waals surface area contributed by atoms with E-state index in [1.165, 1.54) is 77.0 Å². The molecule has 0 aliphatic carbocycles. The fourth-order valence-electron chi connectivity index (χ4n) is 4.49. The van der Waals surface area contributed by atoms with Crippen LogP contribution in [-0.4, -0.2) is 70.7 Å². The predicted molar refractivity (Wildman–Crippen MR) is 167 cm³/mol. The third-order valence-electron chi connectivity index (χ3n) is 7.16. The highest BCUT2D eigenvalue weighted by Crippen LogP contribution is 2.38. The maximum Gasteiger partial charge on any atom is 0.306 e. The Morgan fingerprint density at radius 3 is 1.61 bits per heavy atom. The number of hydrogen-bond donors (Lipinski definition) is 0. The van der Waals surface area contributed by atoms with Gasteiger partial charge in [0.1, 0.15) is 19.3 Å². The van der Waals surface area contributed by atoms with Gasteiger partial charge < -0.3 is 27.9 Å². The molecule has 0 saturated heterocycles. The number of carbonyl (C=O) groups excluding carboxylic acids is 1. The van der Waals surface area contributed by atoms with Gasteiger partial charge in [-0.2, -0.15) is 0 Å². The van der Waals surface area contributed by atoms with E-state index >= 15 is 0 Å². The largest absolute Gasteiger partial charge is 0.756 e. The zero-order valence-electron chi connectivity index (χ0n) is 27.5. The summed E-state index contributed by atoms with van der Waals surface area (Å²) in [4.78, 5) is 24.5. The van der Waals surface area contributed by atoms with Crippen molar-refractivity contribution < 1.29 is 37.3 Å². The molecule has 41 heavy (non-hydrogen) atoms. The predicted octanol–water partition coefficient (Wildman–Crippen LogP) is 7.96. The number of phosphoric ester groups is 1. The van der Waals surface area contributed by atoms with Crippen molar-refractivity contribution in [1.82, 2.24) is 0 Å². The maximum atomic E-state index is 12.4. The second-order valence-electron chi connectivity index (χ2n) is 12.5. The Morgan fingerprint density at radius 2 is 1.12 bits per heavy atom. The van der Waals surface area contributed by atoms with Crippen molar-refractivity contribution in [2.24, 2.45) is 0 Å². The highest BCUT2D eigenvalue weighted by molar-refractivity contribution is 7.45. The van der Waals surface area contributed by atoms with Crippen molar-refractivity contribution in [2.75, 3.05) is 54.1 Å². The third kappa shape index (κ3) is 30.8. The van der Waals surface area contributed by atoms with Crippen molar-refractivity contribution in [2.45, 2.75) is 148 Å². The summed E-state index contributed by atoms with van der Waals surface area (Å²) in [6.07, 6.45) is 22.8. The first kappa shape index (κ1) is 40.5. The van der Waals surface area contributed by atoms with Gasteiger partial charge in [-0.15, -0.1) is 0 Å². The van der Waals surface area contributed by atoms with Gasteiger partial charge in [-0.1, -0.05) is 123 Å². The normalized spacial score (nSPS) is 14.2. The van der Waals surface area contributed by atoms with Gasteiger partial charge in [0, 0.05) is 13.0 Å². The van der Waals surface area contributed by atoms with Crippen molar-refractivity contribution in [3.8, 4) is 0 Å². The molecule has 0 N–H and O–H groups in total. The van der Waals surface area contributed by atoms with Crippen LogP contribution in [0.1, 0.15) is 142 Å². The average molecular weight is 608 g/mol. The second kappa shape index (κ2) is 27.1. The van der Waals surface area contributed by atoms with Crippen LogP contribution in [0, 0.1) is 0 Å². The summed E-state index contributed by atoms with van der Waals surface area (Å²) in [6.45, 7) is 5.33. The van der Waals surface area contributed by atoms with Crippen LogP contribution in [-0.2, 0) is 27.9 Å². The van der Waals surface area contributed by atoms with Gasteiger partial charge in [0.25, 0.3) is 7.82 Å². The molecule has 2 unspecified atom stereocenters. The Hall–Kier alpha value is -0.500. The fraction of sp³-hybridized carbons (Fsp3) is 0.969. The van der Waals surface area contributed by atoms with Gasteiger partial charge in [0.15, 0.2) is 0 Å². The van der Waals surface area contributed by atoms with Gasteiger partial charge >= 0.3 is 5.97 Å². The molecule has 0 heterocycles. The lowest BCUT2D eigenvalue weighted by atomic mass is 10.0. The molecule has 0 bridgehead atoms. The molecule has 2 atom stereocenters. The topological polar surface area (TPSA) is 94.1 Å². The van der Waals surface area contributed by atoms with E-state index in [4.69, 9.17) is 18.5 Å². The van der Waals surface area contributed by atoms with E-state index in [1.54, 1.807) is 0 Å². The second-order valence-corrected chi connectivity index (χ2v) is 13.9. The van der Waals surface area contributed by atoms with E-state index in [-0.39, 0.29) is 25.8 Å². The molecule has 0 aromatic rings. The van der Waals surface area contributed by atoms with Crippen LogP contribution in [0.15, 0.2) is 0 Å². The smallest absolute Gasteiger partial charge is 0.306 e. The van der Waals surface area contributed by atoms with Crippen LogP contribution in [0.25, 0.3) is 0 Å². The molecule has 9 heteroatoms. The van der Waals surface area contributed by atoms with Crippen LogP contribution in [0.2, 0.25) is 0 Å². The molecular weight excluding hydrogens is 541 g/mol. The molecule has 0 aromatic carbocycles. The van der Waals surface area contributed by atoms with Crippen LogP contribution in [0.4, 0.5) is 0 Å². The Labute approximate surface area is 253 Å². The molecule has 0 rings (SSSR count). The Kier molecular flexibility index (Phi) is 26.7.